The van der Waals surface area contributed by atoms with Gasteiger partial charge in [0, 0.05) is 30.6 Å². The summed E-state index contributed by atoms with van der Waals surface area (Å²) >= 11 is 0. The lowest BCUT2D eigenvalue weighted by Gasteiger charge is -2.09. The summed E-state index contributed by atoms with van der Waals surface area (Å²) in [7, 11) is 3.37. The second-order valence-electron chi connectivity index (χ2n) is 3.51. The van der Waals surface area contributed by atoms with E-state index in [2.05, 4.69) is 10.1 Å². The van der Waals surface area contributed by atoms with Crippen molar-refractivity contribution in [3.63, 3.8) is 0 Å². The van der Waals surface area contributed by atoms with Crippen molar-refractivity contribution in [2.24, 2.45) is 7.05 Å². The molecule has 2 aromatic rings. The van der Waals surface area contributed by atoms with Crippen LogP contribution in [0.4, 0.5) is 0 Å². The van der Waals surface area contributed by atoms with Crippen molar-refractivity contribution in [3.05, 3.63) is 42.0 Å². The van der Waals surface area contributed by atoms with E-state index in [1.165, 1.54) is 0 Å². The van der Waals surface area contributed by atoms with E-state index in [4.69, 9.17) is 4.74 Å². The standard InChI is InChI=1S/C11H13N3O2/c1-14-7-9(5-13-14)11(15)8-3-10(16-2)6-12-4-8/h3-7,11,15H,1-2H3. The zero-order valence-corrected chi connectivity index (χ0v) is 9.16. The number of methoxy groups -OCH3 is 1. The molecule has 0 bridgehead atoms. The molecule has 0 aliphatic carbocycles. The zero-order valence-electron chi connectivity index (χ0n) is 9.16. The molecule has 1 unspecified atom stereocenters. The summed E-state index contributed by atoms with van der Waals surface area (Å²) in [5.74, 6) is 0.625. The molecule has 1 atom stereocenters. The fraction of sp³-hybridized carbons (Fsp3) is 0.273. The van der Waals surface area contributed by atoms with Gasteiger partial charge in [0.25, 0.3) is 0 Å². The molecule has 0 fully saturated rings. The van der Waals surface area contributed by atoms with Crippen molar-refractivity contribution in [2.75, 3.05) is 7.11 Å². The smallest absolute Gasteiger partial charge is 0.137 e. The predicted molar refractivity (Wildman–Crippen MR) is 58.1 cm³/mol. The third-order valence-electron chi connectivity index (χ3n) is 2.33. The highest BCUT2D eigenvalue weighted by Gasteiger charge is 2.13. The maximum absolute atomic E-state index is 10.1. The van der Waals surface area contributed by atoms with E-state index in [9.17, 15) is 5.11 Å². The van der Waals surface area contributed by atoms with Gasteiger partial charge in [-0.25, -0.2) is 0 Å². The third-order valence-corrected chi connectivity index (χ3v) is 2.33. The average molecular weight is 219 g/mol. The van der Waals surface area contributed by atoms with E-state index in [0.717, 1.165) is 5.56 Å². The summed E-state index contributed by atoms with van der Waals surface area (Å²) in [4.78, 5) is 4.00. The summed E-state index contributed by atoms with van der Waals surface area (Å²) in [6.45, 7) is 0. The van der Waals surface area contributed by atoms with E-state index >= 15 is 0 Å². The summed E-state index contributed by atoms with van der Waals surface area (Å²) in [5.41, 5.74) is 1.42. The number of aliphatic hydroxyl groups excluding tert-OH is 1. The Kier molecular flexibility index (Phi) is 2.87. The van der Waals surface area contributed by atoms with Crippen LogP contribution in [0.15, 0.2) is 30.9 Å². The lowest BCUT2D eigenvalue weighted by atomic mass is 10.1. The van der Waals surface area contributed by atoms with Crippen LogP contribution in [-0.2, 0) is 7.05 Å². The van der Waals surface area contributed by atoms with Crippen LogP contribution in [0.5, 0.6) is 5.75 Å². The SMILES string of the molecule is COc1cncc(C(O)c2cnn(C)c2)c1. The molecule has 5 heteroatoms. The molecule has 0 radical (unpaired) electrons. The molecular formula is C11H13N3O2. The van der Waals surface area contributed by atoms with Crippen molar-refractivity contribution in [1.29, 1.82) is 0 Å². The molecule has 0 amide bonds. The first-order valence-corrected chi connectivity index (χ1v) is 4.86. The number of pyridine rings is 1. The van der Waals surface area contributed by atoms with E-state index < -0.39 is 6.10 Å². The highest BCUT2D eigenvalue weighted by atomic mass is 16.5. The van der Waals surface area contributed by atoms with Crippen molar-refractivity contribution >= 4 is 0 Å². The summed E-state index contributed by atoms with van der Waals surface area (Å²) in [5, 5.41) is 14.1. The minimum absolute atomic E-state index is 0.625. The lowest BCUT2D eigenvalue weighted by molar-refractivity contribution is 0.219. The van der Waals surface area contributed by atoms with Gasteiger partial charge in [-0.3, -0.25) is 9.67 Å². The third kappa shape index (κ3) is 2.04. The fourth-order valence-corrected chi connectivity index (χ4v) is 1.47. The topological polar surface area (TPSA) is 60.2 Å². The van der Waals surface area contributed by atoms with E-state index in [-0.39, 0.29) is 0 Å². The molecule has 2 aromatic heterocycles. The van der Waals surface area contributed by atoms with E-state index in [1.807, 2.05) is 0 Å². The van der Waals surface area contributed by atoms with Crippen LogP contribution in [0, 0.1) is 0 Å². The highest BCUT2D eigenvalue weighted by molar-refractivity contribution is 5.30. The van der Waals surface area contributed by atoms with Gasteiger partial charge >= 0.3 is 0 Å². The molecule has 16 heavy (non-hydrogen) atoms. The number of ether oxygens (including phenoxy) is 1. The summed E-state index contributed by atoms with van der Waals surface area (Å²) in [6.07, 6.45) is 5.88. The van der Waals surface area contributed by atoms with Gasteiger partial charge in [0.15, 0.2) is 0 Å². The van der Waals surface area contributed by atoms with Crippen LogP contribution >= 0.6 is 0 Å². The van der Waals surface area contributed by atoms with Gasteiger partial charge in [0.2, 0.25) is 0 Å². The van der Waals surface area contributed by atoms with Crippen LogP contribution in [0.25, 0.3) is 0 Å². The second kappa shape index (κ2) is 4.32. The Morgan fingerprint density at radius 2 is 2.12 bits per heavy atom. The molecule has 0 spiro atoms. The van der Waals surface area contributed by atoms with Gasteiger partial charge in [-0.2, -0.15) is 5.10 Å². The quantitative estimate of drug-likeness (QED) is 0.833. The molecule has 0 aliphatic rings. The molecule has 1 N–H and O–H groups in total. The van der Waals surface area contributed by atoms with Gasteiger partial charge < -0.3 is 9.84 Å². The van der Waals surface area contributed by atoms with Crippen LogP contribution in [0.2, 0.25) is 0 Å². The Balaban J connectivity index is 2.29. The highest BCUT2D eigenvalue weighted by Crippen LogP contribution is 2.23. The summed E-state index contributed by atoms with van der Waals surface area (Å²) < 4.78 is 6.70. The number of hydrogen-bond acceptors (Lipinski definition) is 4. The Labute approximate surface area is 93.3 Å². The average Bonchev–Trinajstić information content (AvgIpc) is 2.75. The number of aryl methyl sites for hydroxylation is 1. The Morgan fingerprint density at radius 3 is 2.75 bits per heavy atom. The second-order valence-corrected chi connectivity index (χ2v) is 3.51. The number of rotatable bonds is 3. The Hall–Kier alpha value is -1.88. The maximum Gasteiger partial charge on any atom is 0.137 e. The Bertz CT molecular complexity index is 482. The number of nitrogens with zero attached hydrogens (tertiary/aromatic N) is 3. The van der Waals surface area contributed by atoms with Gasteiger partial charge in [0.05, 0.1) is 19.5 Å². The lowest BCUT2D eigenvalue weighted by Crippen LogP contribution is -1.99. The predicted octanol–water partition coefficient (Wildman–Crippen LogP) is 0.905. The molecule has 0 saturated carbocycles. The van der Waals surface area contributed by atoms with Crippen molar-refractivity contribution in [1.82, 2.24) is 14.8 Å². The van der Waals surface area contributed by atoms with Crippen molar-refractivity contribution in [3.8, 4) is 5.75 Å². The van der Waals surface area contributed by atoms with Gasteiger partial charge in [0.1, 0.15) is 11.9 Å². The molecule has 84 valence electrons. The van der Waals surface area contributed by atoms with E-state index in [1.54, 1.807) is 49.7 Å². The first-order valence-electron chi connectivity index (χ1n) is 4.86. The zero-order chi connectivity index (χ0) is 11.5. The molecule has 5 nitrogen and oxygen atoms in total. The molecular weight excluding hydrogens is 206 g/mol. The molecule has 0 aromatic carbocycles. The summed E-state index contributed by atoms with van der Waals surface area (Å²) in [6, 6.07) is 1.75. The first kappa shape index (κ1) is 10.6. The minimum atomic E-state index is -0.726. The number of aliphatic hydroxyl groups is 1. The van der Waals surface area contributed by atoms with Crippen molar-refractivity contribution in [2.45, 2.75) is 6.10 Å². The van der Waals surface area contributed by atoms with Gasteiger partial charge in [-0.15, -0.1) is 0 Å². The normalized spacial score (nSPS) is 12.4. The van der Waals surface area contributed by atoms with Gasteiger partial charge in [-0.1, -0.05) is 0 Å². The van der Waals surface area contributed by atoms with Gasteiger partial charge in [-0.05, 0) is 6.07 Å². The van der Waals surface area contributed by atoms with Crippen LogP contribution in [0.3, 0.4) is 0 Å². The van der Waals surface area contributed by atoms with Crippen LogP contribution in [-0.4, -0.2) is 27.0 Å². The van der Waals surface area contributed by atoms with Crippen LogP contribution < -0.4 is 4.74 Å². The maximum atomic E-state index is 10.1. The Morgan fingerprint density at radius 1 is 1.31 bits per heavy atom. The first-order chi connectivity index (χ1) is 7.70. The molecule has 0 aliphatic heterocycles. The number of aromatic nitrogens is 3. The number of hydrogen-bond donors (Lipinski definition) is 1. The fourth-order valence-electron chi connectivity index (χ4n) is 1.47. The molecule has 2 rings (SSSR count). The van der Waals surface area contributed by atoms with E-state index in [0.29, 0.717) is 11.3 Å². The minimum Gasteiger partial charge on any atom is -0.495 e. The largest absolute Gasteiger partial charge is 0.495 e. The van der Waals surface area contributed by atoms with Crippen LogP contribution in [0.1, 0.15) is 17.2 Å². The van der Waals surface area contributed by atoms with Crippen molar-refractivity contribution < 1.29 is 9.84 Å². The molecule has 2 heterocycles. The molecule has 0 saturated heterocycles. The monoisotopic (exact) mass is 219 g/mol.